The third kappa shape index (κ3) is 3.83. The number of piperidine rings is 1. The number of nitrogens with one attached hydrogen (secondary N) is 2. The molecule has 2 aliphatic rings. The predicted octanol–water partition coefficient (Wildman–Crippen LogP) is 1.21. The summed E-state index contributed by atoms with van der Waals surface area (Å²) in [7, 11) is 0. The van der Waals surface area contributed by atoms with Gasteiger partial charge >= 0.3 is 6.18 Å². The van der Waals surface area contributed by atoms with Gasteiger partial charge in [0, 0.05) is 19.6 Å². The molecule has 2 heterocycles. The van der Waals surface area contributed by atoms with Crippen molar-refractivity contribution < 1.29 is 13.2 Å². The smallest absolute Gasteiger partial charge is 0.317 e. The molecule has 2 aliphatic heterocycles. The normalized spacial score (nSPS) is 29.2. The summed E-state index contributed by atoms with van der Waals surface area (Å²) in [5.74, 6) is 0.411. The summed E-state index contributed by atoms with van der Waals surface area (Å²) >= 11 is 0. The second-order valence-electron chi connectivity index (χ2n) is 5.30. The van der Waals surface area contributed by atoms with Crippen molar-refractivity contribution in [2.75, 3.05) is 39.3 Å². The number of hydrogen-bond donors (Lipinski definition) is 2. The molecule has 2 N–H and O–H groups in total. The predicted molar refractivity (Wildman–Crippen MR) is 64.5 cm³/mol. The molecule has 2 saturated heterocycles. The Kier molecular flexibility index (Phi) is 4.86. The molecule has 2 rings (SSSR count). The monoisotopic (exact) mass is 265 g/mol. The van der Waals surface area contributed by atoms with E-state index in [-0.39, 0.29) is 6.54 Å². The maximum absolute atomic E-state index is 13.0. The Morgan fingerprint density at radius 2 is 1.78 bits per heavy atom. The number of rotatable bonds is 2. The van der Waals surface area contributed by atoms with Crippen molar-refractivity contribution in [1.29, 1.82) is 0 Å². The van der Waals surface area contributed by atoms with E-state index in [1.165, 1.54) is 0 Å². The number of nitrogens with zero attached hydrogens (tertiary/aromatic N) is 1. The average Bonchev–Trinajstić information content (AvgIpc) is 2.55. The fourth-order valence-electron chi connectivity index (χ4n) is 2.87. The van der Waals surface area contributed by atoms with E-state index in [1.54, 1.807) is 4.90 Å². The lowest BCUT2D eigenvalue weighted by atomic mass is 9.96. The molecule has 0 amide bonds. The molecule has 6 heteroatoms. The van der Waals surface area contributed by atoms with Gasteiger partial charge in [0.25, 0.3) is 0 Å². The molecule has 106 valence electrons. The van der Waals surface area contributed by atoms with Crippen LogP contribution >= 0.6 is 0 Å². The number of halogens is 3. The second-order valence-corrected chi connectivity index (χ2v) is 5.30. The Hall–Kier alpha value is -0.330. The molecule has 0 radical (unpaired) electrons. The molecular formula is C12H22F3N3. The summed E-state index contributed by atoms with van der Waals surface area (Å²) in [6, 6.07) is -1.31. The first kappa shape index (κ1) is 14.1. The lowest BCUT2D eigenvalue weighted by Gasteiger charge is -2.35. The van der Waals surface area contributed by atoms with Gasteiger partial charge in [0.05, 0.1) is 0 Å². The summed E-state index contributed by atoms with van der Waals surface area (Å²) in [6.45, 7) is 3.75. The molecule has 0 aromatic rings. The van der Waals surface area contributed by atoms with Crippen LogP contribution in [0, 0.1) is 5.92 Å². The summed E-state index contributed by atoms with van der Waals surface area (Å²) < 4.78 is 39.1. The molecule has 2 fully saturated rings. The molecule has 0 aromatic carbocycles. The molecular weight excluding hydrogens is 243 g/mol. The topological polar surface area (TPSA) is 27.3 Å². The minimum atomic E-state index is -4.12. The maximum Gasteiger partial charge on any atom is 0.405 e. The third-order valence-electron chi connectivity index (χ3n) is 3.91. The second kappa shape index (κ2) is 6.21. The van der Waals surface area contributed by atoms with E-state index in [1.807, 2.05) is 0 Å². The maximum atomic E-state index is 13.0. The van der Waals surface area contributed by atoms with Crippen molar-refractivity contribution in [3.63, 3.8) is 0 Å². The molecule has 1 atom stereocenters. The highest BCUT2D eigenvalue weighted by atomic mass is 19.4. The van der Waals surface area contributed by atoms with Crippen LogP contribution in [0.15, 0.2) is 0 Å². The van der Waals surface area contributed by atoms with E-state index in [2.05, 4.69) is 10.6 Å². The zero-order valence-corrected chi connectivity index (χ0v) is 10.6. The molecule has 3 nitrogen and oxygen atoms in total. The van der Waals surface area contributed by atoms with E-state index in [9.17, 15) is 13.2 Å². The van der Waals surface area contributed by atoms with Crippen LogP contribution in [0.25, 0.3) is 0 Å². The Labute approximate surface area is 106 Å². The van der Waals surface area contributed by atoms with Crippen molar-refractivity contribution >= 4 is 0 Å². The van der Waals surface area contributed by atoms with E-state index >= 15 is 0 Å². The quantitative estimate of drug-likeness (QED) is 0.786. The van der Waals surface area contributed by atoms with Crippen molar-refractivity contribution in [2.45, 2.75) is 31.5 Å². The fraction of sp³-hybridized carbons (Fsp3) is 1.00. The van der Waals surface area contributed by atoms with Gasteiger partial charge in [-0.2, -0.15) is 13.2 Å². The number of alkyl halides is 3. The Morgan fingerprint density at radius 3 is 2.44 bits per heavy atom. The first-order valence-corrected chi connectivity index (χ1v) is 6.79. The first-order valence-electron chi connectivity index (χ1n) is 6.79. The van der Waals surface area contributed by atoms with Crippen LogP contribution in [-0.2, 0) is 0 Å². The van der Waals surface area contributed by atoms with E-state index in [0.29, 0.717) is 25.6 Å². The largest absolute Gasteiger partial charge is 0.405 e. The highest BCUT2D eigenvalue weighted by Crippen LogP contribution is 2.27. The highest BCUT2D eigenvalue weighted by Gasteiger charge is 2.44. The van der Waals surface area contributed by atoms with Crippen molar-refractivity contribution in [3.05, 3.63) is 0 Å². The summed E-state index contributed by atoms with van der Waals surface area (Å²) in [4.78, 5) is 1.65. The van der Waals surface area contributed by atoms with Crippen LogP contribution in [0.5, 0.6) is 0 Å². The van der Waals surface area contributed by atoms with E-state index in [4.69, 9.17) is 0 Å². The Bertz CT molecular complexity index is 251. The van der Waals surface area contributed by atoms with Gasteiger partial charge in [-0.15, -0.1) is 0 Å². The fourth-order valence-corrected chi connectivity index (χ4v) is 2.87. The van der Waals surface area contributed by atoms with Gasteiger partial charge < -0.3 is 10.6 Å². The summed E-state index contributed by atoms with van der Waals surface area (Å²) in [5.41, 5.74) is 0. The molecule has 1 unspecified atom stereocenters. The van der Waals surface area contributed by atoms with E-state index in [0.717, 1.165) is 32.4 Å². The highest BCUT2D eigenvalue weighted by molar-refractivity contribution is 4.85. The summed E-state index contributed by atoms with van der Waals surface area (Å²) in [6.07, 6.45) is -1.33. The molecule has 0 aliphatic carbocycles. The standard InChI is InChI=1S/C12H22F3N3/c13-12(14,15)11-8-17-4-1-7-18(11)9-10-2-5-16-6-3-10/h10-11,16-17H,1-9H2. The van der Waals surface area contributed by atoms with Crippen LogP contribution in [0.1, 0.15) is 19.3 Å². The van der Waals surface area contributed by atoms with Crippen LogP contribution in [0.3, 0.4) is 0 Å². The van der Waals surface area contributed by atoms with Crippen molar-refractivity contribution in [2.24, 2.45) is 5.92 Å². The van der Waals surface area contributed by atoms with Gasteiger partial charge in [-0.3, -0.25) is 4.90 Å². The van der Waals surface area contributed by atoms with Gasteiger partial charge in [0.15, 0.2) is 0 Å². The third-order valence-corrected chi connectivity index (χ3v) is 3.91. The zero-order valence-electron chi connectivity index (χ0n) is 10.6. The van der Waals surface area contributed by atoms with Crippen molar-refractivity contribution in [3.8, 4) is 0 Å². The van der Waals surface area contributed by atoms with Gasteiger partial charge in [0.1, 0.15) is 6.04 Å². The zero-order chi connectivity index (χ0) is 13.0. The Balaban J connectivity index is 1.96. The van der Waals surface area contributed by atoms with Crippen LogP contribution in [0.4, 0.5) is 13.2 Å². The first-order chi connectivity index (χ1) is 8.57. The van der Waals surface area contributed by atoms with Crippen LogP contribution < -0.4 is 10.6 Å². The minimum absolute atomic E-state index is 0.0362. The SMILES string of the molecule is FC(F)(F)C1CNCCCN1CC1CCNCC1. The van der Waals surface area contributed by atoms with Crippen LogP contribution in [-0.4, -0.2) is 56.4 Å². The lowest BCUT2D eigenvalue weighted by Crippen LogP contribution is -2.51. The van der Waals surface area contributed by atoms with Gasteiger partial charge in [-0.1, -0.05) is 0 Å². The minimum Gasteiger partial charge on any atom is -0.317 e. The summed E-state index contributed by atoms with van der Waals surface area (Å²) in [5, 5.41) is 6.15. The Morgan fingerprint density at radius 1 is 1.06 bits per heavy atom. The average molecular weight is 265 g/mol. The van der Waals surface area contributed by atoms with Gasteiger partial charge in [0.2, 0.25) is 0 Å². The van der Waals surface area contributed by atoms with E-state index < -0.39 is 12.2 Å². The number of hydrogen-bond acceptors (Lipinski definition) is 3. The molecule has 0 spiro atoms. The molecule has 0 bridgehead atoms. The van der Waals surface area contributed by atoms with Gasteiger partial charge in [-0.25, -0.2) is 0 Å². The van der Waals surface area contributed by atoms with Crippen molar-refractivity contribution in [1.82, 2.24) is 15.5 Å². The molecule has 0 saturated carbocycles. The van der Waals surface area contributed by atoms with Crippen LogP contribution in [0.2, 0.25) is 0 Å². The lowest BCUT2D eigenvalue weighted by molar-refractivity contribution is -0.182. The van der Waals surface area contributed by atoms with Gasteiger partial charge in [-0.05, 0) is 44.8 Å². The molecule has 18 heavy (non-hydrogen) atoms. The molecule has 0 aromatic heterocycles.